The fourth-order valence-electron chi connectivity index (χ4n) is 4.39. The van der Waals surface area contributed by atoms with Gasteiger partial charge >= 0.3 is 10.3 Å². The van der Waals surface area contributed by atoms with Gasteiger partial charge in [-0.2, -0.15) is 13.5 Å². The Morgan fingerprint density at radius 1 is 1.38 bits per heavy atom. The number of hydrogen-bond donors (Lipinski definition) is 3. The third-order valence-corrected chi connectivity index (χ3v) is 6.96. The molecule has 4 atom stereocenters. The van der Waals surface area contributed by atoms with E-state index in [1.165, 1.54) is 29.6 Å². The van der Waals surface area contributed by atoms with E-state index in [2.05, 4.69) is 31.1 Å². The molecule has 1 aromatic carbocycles. The average molecular weight is 574 g/mol. The summed E-state index contributed by atoms with van der Waals surface area (Å²) in [4.78, 5) is 34.6. The van der Waals surface area contributed by atoms with Gasteiger partial charge < -0.3 is 15.3 Å². The third-order valence-electron chi connectivity index (χ3n) is 6.50. The summed E-state index contributed by atoms with van der Waals surface area (Å²) in [7, 11) is -2.62. The Morgan fingerprint density at radius 2 is 2.15 bits per heavy atom. The molecule has 1 saturated carbocycles. The summed E-state index contributed by atoms with van der Waals surface area (Å²) in [5.74, 6) is -1.59. The van der Waals surface area contributed by atoms with Crippen molar-refractivity contribution in [3.05, 3.63) is 78.5 Å². The fourth-order valence-corrected chi connectivity index (χ4v) is 4.76. The summed E-state index contributed by atoms with van der Waals surface area (Å²) in [6, 6.07) is 7.80. The number of hydrogen-bond acceptors (Lipinski definition) is 10. The number of nitrogens with zero attached hydrogens (tertiary/aromatic N) is 5. The highest BCUT2D eigenvalue weighted by Gasteiger charge is 2.44. The van der Waals surface area contributed by atoms with Gasteiger partial charge in [-0.05, 0) is 36.3 Å². The summed E-state index contributed by atoms with van der Waals surface area (Å²) in [6.45, 7) is 3.32. The first-order valence-corrected chi connectivity index (χ1v) is 13.6. The third kappa shape index (κ3) is 6.74. The number of alkyl halides is 1. The molecule has 0 spiro atoms. The van der Waals surface area contributed by atoms with Crippen LogP contribution in [0.1, 0.15) is 28.0 Å². The van der Waals surface area contributed by atoms with Crippen molar-refractivity contribution >= 4 is 33.5 Å². The van der Waals surface area contributed by atoms with E-state index in [0.29, 0.717) is 12.2 Å². The van der Waals surface area contributed by atoms with Crippen LogP contribution < -0.4 is 15.4 Å². The second-order valence-electron chi connectivity index (χ2n) is 9.24. The number of aliphatic hydroxyl groups is 1. The lowest BCUT2D eigenvalue weighted by atomic mass is 10.1. The largest absolute Gasteiger partial charge is 0.390 e. The molecule has 13 nitrogen and oxygen atoms in total. The van der Waals surface area contributed by atoms with Gasteiger partial charge in [0.05, 0.1) is 30.9 Å². The van der Waals surface area contributed by atoms with Gasteiger partial charge in [0.15, 0.2) is 0 Å². The molecule has 4 N–H and O–H groups in total. The Labute approximate surface area is 229 Å². The summed E-state index contributed by atoms with van der Waals surface area (Å²) < 4.78 is 43.0. The molecule has 1 aliphatic rings. The maximum absolute atomic E-state index is 14.8. The lowest BCUT2D eigenvalue weighted by molar-refractivity contribution is -0.113. The van der Waals surface area contributed by atoms with E-state index in [-0.39, 0.29) is 29.4 Å². The van der Waals surface area contributed by atoms with E-state index >= 15 is 0 Å². The number of carbonyl (C=O) groups excluding carboxylic acids is 2. The molecular weight excluding hydrogens is 545 g/mol. The predicted molar refractivity (Wildman–Crippen MR) is 142 cm³/mol. The lowest BCUT2D eigenvalue weighted by Crippen LogP contribution is -2.33. The number of benzene rings is 1. The minimum atomic E-state index is -4.25. The molecule has 4 rings (SSSR count). The van der Waals surface area contributed by atoms with Crippen LogP contribution in [0.15, 0.2) is 61.7 Å². The van der Waals surface area contributed by atoms with Crippen LogP contribution in [0.5, 0.6) is 0 Å². The Hall–Kier alpha value is -4.05. The first-order chi connectivity index (χ1) is 19.0. The van der Waals surface area contributed by atoms with E-state index in [4.69, 9.17) is 5.14 Å². The van der Waals surface area contributed by atoms with Gasteiger partial charge in [0, 0.05) is 31.0 Å². The normalized spacial score (nSPS) is 20.7. The van der Waals surface area contributed by atoms with E-state index < -0.39 is 46.9 Å². The summed E-state index contributed by atoms with van der Waals surface area (Å²) in [6.07, 6.45) is 1.99. The highest BCUT2D eigenvalue weighted by molar-refractivity contribution is 7.84. The molecule has 4 unspecified atom stereocenters. The molecule has 1 aliphatic carbocycles. The van der Waals surface area contributed by atoms with Crippen LogP contribution in [0, 0.1) is 5.92 Å². The topological polar surface area (TPSA) is 183 Å². The number of nitrogens with two attached hydrogens (primary N) is 1. The van der Waals surface area contributed by atoms with Gasteiger partial charge in [-0.3, -0.25) is 18.5 Å². The molecule has 1 fully saturated rings. The van der Waals surface area contributed by atoms with Gasteiger partial charge in [-0.15, -0.1) is 0 Å². The van der Waals surface area contributed by atoms with Crippen molar-refractivity contribution < 1.29 is 31.7 Å². The number of carbonyl (C=O) groups is 2. The molecule has 40 heavy (non-hydrogen) atoms. The summed E-state index contributed by atoms with van der Waals surface area (Å²) >= 11 is 0. The molecule has 0 saturated heterocycles. The summed E-state index contributed by atoms with van der Waals surface area (Å²) in [5, 5.41) is 22.2. The number of ketones is 1. The predicted octanol–water partition coefficient (Wildman–Crippen LogP) is 0.821. The Bertz CT molecular complexity index is 1510. The smallest absolute Gasteiger partial charge is 0.333 e. The number of halogens is 1. The molecule has 1 amide bonds. The van der Waals surface area contributed by atoms with Crippen LogP contribution in [0.2, 0.25) is 0 Å². The van der Waals surface area contributed by atoms with Gasteiger partial charge in [-0.1, -0.05) is 18.7 Å². The number of anilines is 2. The minimum Gasteiger partial charge on any atom is -0.390 e. The molecule has 212 valence electrons. The lowest BCUT2D eigenvalue weighted by Gasteiger charge is -2.18. The van der Waals surface area contributed by atoms with Crippen LogP contribution in [0.3, 0.4) is 0 Å². The van der Waals surface area contributed by atoms with Crippen LogP contribution >= 0.6 is 0 Å². The van der Waals surface area contributed by atoms with Crippen molar-refractivity contribution in [1.82, 2.24) is 19.7 Å². The highest BCUT2D eigenvalue weighted by atomic mass is 32.2. The van der Waals surface area contributed by atoms with Gasteiger partial charge in [0.25, 0.3) is 0 Å². The maximum atomic E-state index is 14.8. The summed E-state index contributed by atoms with van der Waals surface area (Å²) in [5.41, 5.74) is 1.63. The molecule has 15 heteroatoms. The fraction of sp³-hybridized carbons (Fsp3) is 0.320. The Balaban J connectivity index is 1.47. The average Bonchev–Trinajstić information content (AvgIpc) is 3.50. The Morgan fingerprint density at radius 3 is 2.88 bits per heavy atom. The van der Waals surface area contributed by atoms with Crippen molar-refractivity contribution in [3.63, 3.8) is 0 Å². The molecular formula is C25H28FN7O6S. The monoisotopic (exact) mass is 573 g/mol. The zero-order chi connectivity index (χ0) is 29.0. The van der Waals surface area contributed by atoms with E-state index in [0.717, 1.165) is 5.56 Å². The van der Waals surface area contributed by atoms with Crippen LogP contribution in [0.4, 0.5) is 15.9 Å². The number of likely N-dealkylation sites (N-methyl/N-ethyl adjacent to an activating group) is 1. The second-order valence-corrected chi connectivity index (χ2v) is 10.5. The second kappa shape index (κ2) is 12.0. The molecule has 2 heterocycles. The standard InChI is InChI=1S/C25H28FN7O6S/c1-3-21(34)32(2)17-6-4-5-15(9-17)12-33-8-7-19(31-33)24(36)18-11-28-14-29-25(18)30-20-10-16(23(35)22(20)26)13-39-40(27,37)38/h3-9,11,14,16,20,22-23,35H,1,10,12-13H2,2H3,(H2,27,37,38)(H,28,29,30). The number of aromatic nitrogens is 4. The van der Waals surface area contributed by atoms with Crippen molar-refractivity contribution in [3.8, 4) is 0 Å². The van der Waals surface area contributed by atoms with Crippen molar-refractivity contribution in [2.75, 3.05) is 23.9 Å². The van der Waals surface area contributed by atoms with E-state index in [9.17, 15) is 27.5 Å². The highest BCUT2D eigenvalue weighted by Crippen LogP contribution is 2.32. The SMILES string of the molecule is C=CC(=O)N(C)c1cccc(Cn2ccc(C(=O)c3cncnc3NC3CC(COS(N)(=O)=O)C(O)C3F)n2)c1. The van der Waals surface area contributed by atoms with Crippen molar-refractivity contribution in [2.24, 2.45) is 11.1 Å². The molecule has 0 aliphatic heterocycles. The number of rotatable bonds is 11. The maximum Gasteiger partial charge on any atom is 0.333 e. The number of amides is 1. The van der Waals surface area contributed by atoms with Crippen LogP contribution in [-0.2, 0) is 25.8 Å². The quantitative estimate of drug-likeness (QED) is 0.219. The van der Waals surface area contributed by atoms with E-state index in [1.807, 2.05) is 12.1 Å². The van der Waals surface area contributed by atoms with Crippen molar-refractivity contribution in [1.29, 1.82) is 0 Å². The Kier molecular flexibility index (Phi) is 8.68. The van der Waals surface area contributed by atoms with E-state index in [1.54, 1.807) is 30.1 Å². The zero-order valence-corrected chi connectivity index (χ0v) is 22.2. The van der Waals surface area contributed by atoms with Gasteiger partial charge in [0.2, 0.25) is 11.7 Å². The molecule has 2 aromatic heterocycles. The van der Waals surface area contributed by atoms with Crippen molar-refractivity contribution in [2.45, 2.75) is 31.3 Å². The zero-order valence-electron chi connectivity index (χ0n) is 21.4. The van der Waals surface area contributed by atoms with Gasteiger partial charge in [0.1, 0.15) is 24.0 Å². The van der Waals surface area contributed by atoms with Crippen LogP contribution in [-0.4, -0.2) is 76.9 Å². The number of nitrogens with one attached hydrogen (secondary N) is 1. The first kappa shape index (κ1) is 28.9. The molecule has 0 radical (unpaired) electrons. The first-order valence-electron chi connectivity index (χ1n) is 12.1. The molecule has 0 bridgehead atoms. The molecule has 3 aromatic rings. The number of aliphatic hydroxyl groups excluding tert-OH is 1. The minimum absolute atomic E-state index is 0.00321. The van der Waals surface area contributed by atoms with Crippen LogP contribution in [0.25, 0.3) is 0 Å². The van der Waals surface area contributed by atoms with Gasteiger partial charge in [-0.25, -0.2) is 19.5 Å².